The third-order valence-electron chi connectivity index (χ3n) is 3.49. The summed E-state index contributed by atoms with van der Waals surface area (Å²) in [6, 6.07) is 5.87. The van der Waals surface area contributed by atoms with Crippen LogP contribution >= 0.6 is 11.6 Å². The molecule has 3 heterocycles. The van der Waals surface area contributed by atoms with Crippen molar-refractivity contribution in [2.45, 2.75) is 19.4 Å². The maximum atomic E-state index is 11.0. The van der Waals surface area contributed by atoms with E-state index in [9.17, 15) is 4.79 Å². The minimum absolute atomic E-state index is 0.112. The van der Waals surface area contributed by atoms with Gasteiger partial charge in [-0.15, -0.1) is 0 Å². The Kier molecular flexibility index (Phi) is 3.79. The number of hydrogen-bond donors (Lipinski definition) is 1. The van der Waals surface area contributed by atoms with Crippen molar-refractivity contribution in [3.63, 3.8) is 0 Å². The van der Waals surface area contributed by atoms with Gasteiger partial charge in [-0.25, -0.2) is 4.98 Å². The Labute approximate surface area is 127 Å². The molecule has 3 rings (SSSR count). The average molecular weight is 306 g/mol. The molecular weight excluding hydrogens is 290 g/mol. The molecule has 0 radical (unpaired) electrons. The molecule has 1 aliphatic heterocycles. The highest BCUT2D eigenvalue weighted by Crippen LogP contribution is 2.26. The van der Waals surface area contributed by atoms with Gasteiger partial charge in [0.25, 0.3) is 0 Å². The Hall–Kier alpha value is -2.08. The minimum atomic E-state index is -0.112. The van der Waals surface area contributed by atoms with E-state index < -0.39 is 0 Å². The summed E-state index contributed by atoms with van der Waals surface area (Å²) in [7, 11) is 0. The molecule has 1 fully saturated rings. The summed E-state index contributed by atoms with van der Waals surface area (Å²) in [4.78, 5) is 17.6. The highest BCUT2D eigenvalue weighted by atomic mass is 35.5. The van der Waals surface area contributed by atoms with Crippen LogP contribution in [0.1, 0.15) is 19.4 Å². The molecule has 110 valence electrons. The number of anilines is 2. The lowest BCUT2D eigenvalue weighted by Crippen LogP contribution is -2.22. The Morgan fingerprint density at radius 1 is 1.43 bits per heavy atom. The molecule has 6 nitrogen and oxygen atoms in total. The number of rotatable bonds is 3. The molecule has 7 heteroatoms. The molecular formula is C14H16ClN5O. The topological polar surface area (TPSA) is 63.1 Å². The molecule has 1 atom stereocenters. The first kappa shape index (κ1) is 13.9. The summed E-state index contributed by atoms with van der Waals surface area (Å²) in [6.07, 6.45) is 4.55. The van der Waals surface area contributed by atoms with Crippen molar-refractivity contribution in [1.29, 1.82) is 0 Å². The molecule has 1 amide bonds. The van der Waals surface area contributed by atoms with E-state index in [0.29, 0.717) is 10.8 Å². The van der Waals surface area contributed by atoms with Gasteiger partial charge in [0.15, 0.2) is 5.82 Å². The van der Waals surface area contributed by atoms with Gasteiger partial charge in [-0.05, 0) is 18.6 Å². The summed E-state index contributed by atoms with van der Waals surface area (Å²) >= 11 is 5.86. The van der Waals surface area contributed by atoms with Crippen molar-refractivity contribution < 1.29 is 4.79 Å². The molecule has 0 unspecified atom stereocenters. The minimum Gasteiger partial charge on any atom is -0.354 e. The van der Waals surface area contributed by atoms with E-state index in [2.05, 4.69) is 20.3 Å². The smallest absolute Gasteiger partial charge is 0.222 e. The van der Waals surface area contributed by atoms with Gasteiger partial charge in [-0.1, -0.05) is 11.6 Å². The third kappa shape index (κ3) is 3.16. The summed E-state index contributed by atoms with van der Waals surface area (Å²) in [5.41, 5.74) is 0. The summed E-state index contributed by atoms with van der Waals surface area (Å²) in [5, 5.41) is 7.72. The number of nitrogens with zero attached hydrogens (tertiary/aromatic N) is 4. The second-order valence-electron chi connectivity index (χ2n) is 5.09. The molecule has 0 aliphatic carbocycles. The van der Waals surface area contributed by atoms with Crippen LogP contribution in [-0.4, -0.2) is 33.8 Å². The maximum Gasteiger partial charge on any atom is 0.222 e. The van der Waals surface area contributed by atoms with Crippen LogP contribution < -0.4 is 10.2 Å². The van der Waals surface area contributed by atoms with Gasteiger partial charge >= 0.3 is 0 Å². The first-order valence-electron chi connectivity index (χ1n) is 6.81. The van der Waals surface area contributed by atoms with Gasteiger partial charge in [0.1, 0.15) is 5.82 Å². The summed E-state index contributed by atoms with van der Waals surface area (Å²) in [6.45, 7) is 3.24. The lowest BCUT2D eigenvalue weighted by Gasteiger charge is -2.17. The van der Waals surface area contributed by atoms with Crippen LogP contribution in [-0.2, 0) is 4.79 Å². The van der Waals surface area contributed by atoms with Gasteiger partial charge < -0.3 is 10.2 Å². The zero-order valence-electron chi connectivity index (χ0n) is 11.7. The number of carbonyl (C=O) groups excluding carboxylic acids is 1. The van der Waals surface area contributed by atoms with Crippen LogP contribution in [0.2, 0.25) is 5.02 Å². The normalized spacial score (nSPS) is 18.0. The molecule has 1 saturated heterocycles. The van der Waals surface area contributed by atoms with Crippen molar-refractivity contribution >= 4 is 29.1 Å². The quantitative estimate of drug-likeness (QED) is 0.945. The molecule has 21 heavy (non-hydrogen) atoms. The van der Waals surface area contributed by atoms with E-state index in [0.717, 1.165) is 25.3 Å². The number of carbonyl (C=O) groups is 1. The van der Waals surface area contributed by atoms with E-state index in [1.165, 1.54) is 6.92 Å². The molecule has 1 aliphatic rings. The first-order valence-corrected chi connectivity index (χ1v) is 7.19. The SMILES string of the molecule is CC(=O)Nc1ccn([C@H]2CCN(c3ccc(Cl)cn3)C2)n1. The van der Waals surface area contributed by atoms with Crippen LogP contribution in [0.15, 0.2) is 30.6 Å². The predicted octanol–water partition coefficient (Wildman–Crippen LogP) is 2.34. The average Bonchev–Trinajstić information content (AvgIpc) is 3.07. The number of aromatic nitrogens is 3. The molecule has 0 aromatic carbocycles. The Bertz CT molecular complexity index is 639. The fourth-order valence-corrected chi connectivity index (χ4v) is 2.62. The molecule has 0 spiro atoms. The fraction of sp³-hybridized carbons (Fsp3) is 0.357. The molecule has 0 saturated carbocycles. The van der Waals surface area contributed by atoms with Gasteiger partial charge in [-0.3, -0.25) is 9.48 Å². The summed E-state index contributed by atoms with van der Waals surface area (Å²) in [5.74, 6) is 1.40. The standard InChI is InChI=1S/C14H16ClN5O/c1-10(21)17-13-5-7-20(18-13)12-4-6-19(9-12)14-3-2-11(15)8-16-14/h2-3,5,7-8,12H,4,6,9H2,1H3,(H,17,18,21)/t12-/m0/s1. The van der Waals surface area contributed by atoms with Crippen LogP contribution in [0, 0.1) is 0 Å². The van der Waals surface area contributed by atoms with Gasteiger partial charge in [0, 0.05) is 38.5 Å². The van der Waals surface area contributed by atoms with Crippen molar-refractivity contribution in [3.05, 3.63) is 35.6 Å². The van der Waals surface area contributed by atoms with E-state index >= 15 is 0 Å². The fourth-order valence-electron chi connectivity index (χ4n) is 2.51. The highest BCUT2D eigenvalue weighted by molar-refractivity contribution is 6.30. The molecule has 2 aromatic rings. The Morgan fingerprint density at radius 2 is 2.29 bits per heavy atom. The largest absolute Gasteiger partial charge is 0.354 e. The Morgan fingerprint density at radius 3 is 3.00 bits per heavy atom. The van der Waals surface area contributed by atoms with E-state index in [4.69, 9.17) is 11.6 Å². The lowest BCUT2D eigenvalue weighted by molar-refractivity contribution is -0.114. The van der Waals surface area contributed by atoms with Crippen LogP contribution in [0.3, 0.4) is 0 Å². The molecule has 0 bridgehead atoms. The second kappa shape index (κ2) is 5.73. The zero-order chi connectivity index (χ0) is 14.8. The molecule has 2 aromatic heterocycles. The second-order valence-corrected chi connectivity index (χ2v) is 5.52. The molecule has 1 N–H and O–H groups in total. The van der Waals surface area contributed by atoms with Gasteiger partial charge in [-0.2, -0.15) is 5.10 Å². The highest BCUT2D eigenvalue weighted by Gasteiger charge is 2.25. The lowest BCUT2D eigenvalue weighted by atomic mass is 10.3. The first-order chi connectivity index (χ1) is 10.1. The van der Waals surface area contributed by atoms with Crippen molar-refractivity contribution in [2.75, 3.05) is 23.3 Å². The number of halogens is 1. The predicted molar refractivity (Wildman–Crippen MR) is 81.6 cm³/mol. The number of nitrogens with one attached hydrogen (secondary N) is 1. The monoisotopic (exact) mass is 305 g/mol. The van der Waals surface area contributed by atoms with Crippen molar-refractivity contribution in [1.82, 2.24) is 14.8 Å². The van der Waals surface area contributed by atoms with E-state index in [1.54, 1.807) is 6.20 Å². The number of hydrogen-bond acceptors (Lipinski definition) is 4. The van der Waals surface area contributed by atoms with Crippen molar-refractivity contribution in [2.24, 2.45) is 0 Å². The van der Waals surface area contributed by atoms with Crippen molar-refractivity contribution in [3.8, 4) is 0 Å². The van der Waals surface area contributed by atoms with Crippen LogP contribution in [0.25, 0.3) is 0 Å². The van der Waals surface area contributed by atoms with Gasteiger partial charge in [0.05, 0.1) is 11.1 Å². The number of amides is 1. The summed E-state index contributed by atoms with van der Waals surface area (Å²) < 4.78 is 1.90. The zero-order valence-corrected chi connectivity index (χ0v) is 12.4. The Balaban J connectivity index is 1.67. The van der Waals surface area contributed by atoms with E-state index in [-0.39, 0.29) is 11.9 Å². The van der Waals surface area contributed by atoms with E-state index in [1.807, 2.05) is 29.1 Å². The van der Waals surface area contributed by atoms with Gasteiger partial charge in [0.2, 0.25) is 5.91 Å². The maximum absolute atomic E-state index is 11.0. The van der Waals surface area contributed by atoms with Crippen LogP contribution in [0.5, 0.6) is 0 Å². The third-order valence-corrected chi connectivity index (χ3v) is 3.71. The van der Waals surface area contributed by atoms with Crippen LogP contribution in [0.4, 0.5) is 11.6 Å². The number of pyridine rings is 1.